The number of carbonyl (C=O) groups is 1. The van der Waals surface area contributed by atoms with Crippen LogP contribution in [0.1, 0.15) is 48.7 Å². The maximum atomic E-state index is 12.7. The molecule has 2 aromatic carbocycles. The van der Waals surface area contributed by atoms with Crippen LogP contribution in [-0.4, -0.2) is 53.5 Å². The van der Waals surface area contributed by atoms with Crippen molar-refractivity contribution in [2.45, 2.75) is 71.6 Å². The first-order chi connectivity index (χ1) is 18.7. The number of imidazole rings is 1. The minimum absolute atomic E-state index is 0.213. The van der Waals surface area contributed by atoms with E-state index in [0.29, 0.717) is 38.8 Å². The summed E-state index contributed by atoms with van der Waals surface area (Å²) in [6.07, 6.45) is 2.62. The van der Waals surface area contributed by atoms with Crippen molar-refractivity contribution in [1.82, 2.24) is 14.5 Å². The average molecular weight is 554 g/mol. The molecule has 1 amide bonds. The Balaban J connectivity index is 1.85. The Labute approximate surface area is 233 Å². The number of benzene rings is 2. The first kappa shape index (κ1) is 30.6. The predicted octanol–water partition coefficient (Wildman–Crippen LogP) is 6.73. The molecule has 0 fully saturated rings. The molecule has 212 valence electrons. The van der Waals surface area contributed by atoms with Crippen molar-refractivity contribution in [3.05, 3.63) is 89.5 Å². The molecular formula is C30H43N3O5Si. The number of carboxylic acid groups (broad SMARTS) is 1. The number of hydrogen-bond donors (Lipinski definition) is 1. The van der Waals surface area contributed by atoms with Crippen molar-refractivity contribution in [2.24, 2.45) is 0 Å². The molecule has 9 heteroatoms. The number of aromatic nitrogens is 2. The van der Waals surface area contributed by atoms with Crippen molar-refractivity contribution in [2.75, 3.05) is 19.8 Å². The van der Waals surface area contributed by atoms with E-state index < -0.39 is 26.5 Å². The van der Waals surface area contributed by atoms with Gasteiger partial charge in [0, 0.05) is 58.8 Å². The van der Waals surface area contributed by atoms with Crippen molar-refractivity contribution in [3.63, 3.8) is 0 Å². The van der Waals surface area contributed by atoms with Crippen molar-refractivity contribution < 1.29 is 24.1 Å². The van der Waals surface area contributed by atoms with Crippen LogP contribution in [0.2, 0.25) is 25.7 Å². The lowest BCUT2D eigenvalue weighted by Gasteiger charge is -2.30. The molecule has 8 nitrogen and oxygen atoms in total. The minimum atomic E-state index is -1.21. The molecular weight excluding hydrogens is 510 g/mol. The highest BCUT2D eigenvalue weighted by Crippen LogP contribution is 2.28. The van der Waals surface area contributed by atoms with Crippen LogP contribution in [0.4, 0.5) is 4.79 Å². The van der Waals surface area contributed by atoms with Gasteiger partial charge in [-0.25, -0.2) is 9.78 Å². The summed E-state index contributed by atoms with van der Waals surface area (Å²) in [6.45, 7) is 13.1. The monoisotopic (exact) mass is 553 g/mol. The van der Waals surface area contributed by atoms with Crippen LogP contribution in [0, 0.1) is 0 Å². The number of hydrogen-bond acceptors (Lipinski definition) is 5. The quantitative estimate of drug-likeness (QED) is 0.120. The highest BCUT2D eigenvalue weighted by atomic mass is 28.3. The molecule has 1 unspecified atom stereocenters. The molecule has 0 radical (unpaired) electrons. The van der Waals surface area contributed by atoms with Gasteiger partial charge >= 0.3 is 6.09 Å². The van der Waals surface area contributed by atoms with E-state index in [1.54, 1.807) is 6.20 Å². The van der Waals surface area contributed by atoms with E-state index in [1.165, 1.54) is 4.90 Å². The summed E-state index contributed by atoms with van der Waals surface area (Å²) in [6, 6.07) is 18.2. The second-order valence-electron chi connectivity index (χ2n) is 10.7. The molecule has 39 heavy (non-hydrogen) atoms. The van der Waals surface area contributed by atoms with Gasteiger partial charge in [0.25, 0.3) is 0 Å². The molecule has 0 aliphatic heterocycles. The molecule has 0 aliphatic carbocycles. The fourth-order valence-electron chi connectivity index (χ4n) is 4.28. The lowest BCUT2D eigenvalue weighted by atomic mass is 10.0. The second-order valence-corrected chi connectivity index (χ2v) is 16.3. The SMILES string of the molecule is CCOC(OCC)c1ccc(CN(C(=O)O)C(Cc2ccccc2)c2nccn2COCC[Si](C)(C)C)cc1. The second kappa shape index (κ2) is 15.0. The zero-order chi connectivity index (χ0) is 28.3. The molecule has 3 aromatic rings. The molecule has 1 atom stereocenters. The van der Waals surface area contributed by atoms with Gasteiger partial charge in [-0.1, -0.05) is 74.2 Å². The molecule has 0 spiro atoms. The lowest BCUT2D eigenvalue weighted by Crippen LogP contribution is -2.36. The normalized spacial score (nSPS) is 12.6. The first-order valence-corrected chi connectivity index (χ1v) is 17.4. The number of rotatable bonds is 16. The Morgan fingerprint density at radius 1 is 1.00 bits per heavy atom. The van der Waals surface area contributed by atoms with Crippen molar-refractivity contribution in [1.29, 1.82) is 0 Å². The Morgan fingerprint density at radius 3 is 2.26 bits per heavy atom. The molecule has 0 saturated carbocycles. The minimum Gasteiger partial charge on any atom is -0.465 e. The topological polar surface area (TPSA) is 86.0 Å². The molecule has 0 saturated heterocycles. The third kappa shape index (κ3) is 9.61. The third-order valence-corrected chi connectivity index (χ3v) is 8.11. The molecule has 3 rings (SSSR count). The number of ether oxygens (including phenoxy) is 3. The fourth-order valence-corrected chi connectivity index (χ4v) is 5.03. The Hall–Kier alpha value is -2.98. The van der Waals surface area contributed by atoms with E-state index in [-0.39, 0.29) is 6.54 Å². The van der Waals surface area contributed by atoms with Crippen LogP contribution in [-0.2, 0) is 33.9 Å². The molecule has 1 N–H and O–H groups in total. The lowest BCUT2D eigenvalue weighted by molar-refractivity contribution is -0.140. The summed E-state index contributed by atoms with van der Waals surface area (Å²) in [5.74, 6) is 0.665. The van der Waals surface area contributed by atoms with Gasteiger partial charge < -0.3 is 23.9 Å². The highest BCUT2D eigenvalue weighted by molar-refractivity contribution is 6.76. The Bertz CT molecular complexity index is 1130. The molecule has 1 heterocycles. The van der Waals surface area contributed by atoms with Gasteiger partial charge in [-0.15, -0.1) is 0 Å². The number of nitrogens with zero attached hydrogens (tertiary/aromatic N) is 3. The van der Waals surface area contributed by atoms with E-state index in [1.807, 2.05) is 79.2 Å². The van der Waals surface area contributed by atoms with Gasteiger partial charge in [0.05, 0.1) is 6.04 Å². The van der Waals surface area contributed by atoms with Crippen LogP contribution < -0.4 is 0 Å². The van der Waals surface area contributed by atoms with Gasteiger partial charge in [-0.3, -0.25) is 4.90 Å². The van der Waals surface area contributed by atoms with E-state index in [4.69, 9.17) is 14.2 Å². The Morgan fingerprint density at radius 2 is 1.67 bits per heavy atom. The van der Waals surface area contributed by atoms with E-state index in [0.717, 1.165) is 22.7 Å². The zero-order valence-corrected chi connectivity index (χ0v) is 24.9. The van der Waals surface area contributed by atoms with E-state index >= 15 is 0 Å². The standard InChI is InChI=1S/C30H43N3O5Si/c1-6-37-29(38-7-2)26-15-13-25(14-16-26)22-33(30(34)35)27(21-24-11-9-8-10-12-24)28-31-17-18-32(28)23-36-19-20-39(3,4)5/h8-18,27,29H,6-7,19-23H2,1-5H3,(H,34,35). The van der Waals surface area contributed by atoms with E-state index in [2.05, 4.69) is 24.6 Å². The molecule has 1 aromatic heterocycles. The third-order valence-electron chi connectivity index (χ3n) is 6.41. The first-order valence-electron chi connectivity index (χ1n) is 13.7. The summed E-state index contributed by atoms with van der Waals surface area (Å²) < 4.78 is 19.3. The van der Waals surface area contributed by atoms with Crippen LogP contribution >= 0.6 is 0 Å². The maximum Gasteiger partial charge on any atom is 0.408 e. The largest absolute Gasteiger partial charge is 0.465 e. The van der Waals surface area contributed by atoms with E-state index in [9.17, 15) is 9.90 Å². The summed E-state index contributed by atoms with van der Waals surface area (Å²) in [5, 5.41) is 10.4. The van der Waals surface area contributed by atoms with Crippen LogP contribution in [0.3, 0.4) is 0 Å². The van der Waals surface area contributed by atoms with Gasteiger partial charge in [0.2, 0.25) is 0 Å². The van der Waals surface area contributed by atoms with Gasteiger partial charge in [-0.2, -0.15) is 0 Å². The summed E-state index contributed by atoms with van der Waals surface area (Å²) >= 11 is 0. The van der Waals surface area contributed by atoms with Crippen molar-refractivity contribution in [3.8, 4) is 0 Å². The fraction of sp³-hybridized carbons (Fsp3) is 0.467. The van der Waals surface area contributed by atoms with Gasteiger partial charge in [0.1, 0.15) is 12.6 Å². The summed E-state index contributed by atoms with van der Waals surface area (Å²) in [4.78, 5) is 18.8. The smallest absolute Gasteiger partial charge is 0.408 e. The summed E-state index contributed by atoms with van der Waals surface area (Å²) in [7, 11) is -1.21. The summed E-state index contributed by atoms with van der Waals surface area (Å²) in [5.41, 5.74) is 2.81. The molecule has 0 bridgehead atoms. The maximum absolute atomic E-state index is 12.7. The number of amides is 1. The Kier molecular flexibility index (Phi) is 11.7. The van der Waals surface area contributed by atoms with Crippen LogP contribution in [0.15, 0.2) is 67.0 Å². The van der Waals surface area contributed by atoms with Gasteiger partial charge in [0.15, 0.2) is 6.29 Å². The highest BCUT2D eigenvalue weighted by Gasteiger charge is 2.29. The predicted molar refractivity (Wildman–Crippen MR) is 155 cm³/mol. The molecule has 0 aliphatic rings. The average Bonchev–Trinajstić information content (AvgIpc) is 3.37. The van der Waals surface area contributed by atoms with Gasteiger partial charge in [-0.05, 0) is 31.0 Å². The van der Waals surface area contributed by atoms with Crippen LogP contribution in [0.5, 0.6) is 0 Å². The van der Waals surface area contributed by atoms with Crippen LogP contribution in [0.25, 0.3) is 0 Å². The van der Waals surface area contributed by atoms with Crippen molar-refractivity contribution >= 4 is 14.2 Å². The zero-order valence-electron chi connectivity index (χ0n) is 23.9.